The Balaban J connectivity index is 1.53. The predicted molar refractivity (Wildman–Crippen MR) is 99.9 cm³/mol. The molecular formula is C21H23FN4O. The third-order valence-electron chi connectivity index (χ3n) is 6.40. The Morgan fingerprint density at radius 1 is 1.11 bits per heavy atom. The lowest BCUT2D eigenvalue weighted by Gasteiger charge is -2.55. The van der Waals surface area contributed by atoms with Gasteiger partial charge in [0.05, 0.1) is 11.8 Å². The molecule has 27 heavy (non-hydrogen) atoms. The molecule has 6 heteroatoms. The molecule has 4 bridgehead atoms. The molecule has 0 saturated carbocycles. The van der Waals surface area contributed by atoms with Gasteiger partial charge in [0.1, 0.15) is 5.82 Å². The summed E-state index contributed by atoms with van der Waals surface area (Å²) in [5, 5.41) is 3.27. The zero-order valence-electron chi connectivity index (χ0n) is 15.1. The van der Waals surface area contributed by atoms with E-state index >= 15 is 0 Å². The second kappa shape index (κ2) is 6.39. The minimum atomic E-state index is -0.487. The largest absolute Gasteiger partial charge is 0.348 e. The van der Waals surface area contributed by atoms with Crippen LogP contribution >= 0.6 is 0 Å². The molecular weight excluding hydrogens is 343 g/mol. The van der Waals surface area contributed by atoms with Gasteiger partial charge in [-0.3, -0.25) is 9.78 Å². The van der Waals surface area contributed by atoms with Gasteiger partial charge in [0, 0.05) is 62.8 Å². The zero-order chi connectivity index (χ0) is 18.4. The van der Waals surface area contributed by atoms with Crippen LogP contribution in [0.15, 0.2) is 48.8 Å². The van der Waals surface area contributed by atoms with Gasteiger partial charge in [0.15, 0.2) is 0 Å². The van der Waals surface area contributed by atoms with Crippen LogP contribution in [-0.2, 0) is 5.41 Å². The number of halogens is 1. The van der Waals surface area contributed by atoms with E-state index < -0.39 is 5.82 Å². The van der Waals surface area contributed by atoms with Gasteiger partial charge in [-0.25, -0.2) is 4.39 Å². The topological polar surface area (TPSA) is 48.5 Å². The number of amides is 1. The fourth-order valence-electron chi connectivity index (χ4n) is 5.33. The number of nitrogens with one attached hydrogen (secondary N) is 1. The highest BCUT2D eigenvalue weighted by molar-refractivity contribution is 5.94. The van der Waals surface area contributed by atoms with Crippen LogP contribution in [0.1, 0.15) is 15.9 Å². The number of hydrogen-bond donors (Lipinski definition) is 1. The predicted octanol–water partition coefficient (Wildman–Crippen LogP) is 1.52. The van der Waals surface area contributed by atoms with E-state index in [9.17, 15) is 9.18 Å². The first kappa shape index (κ1) is 16.8. The Hall–Kier alpha value is -2.31. The van der Waals surface area contributed by atoms with Crippen molar-refractivity contribution in [2.45, 2.75) is 11.5 Å². The van der Waals surface area contributed by atoms with Gasteiger partial charge in [-0.2, -0.15) is 0 Å². The van der Waals surface area contributed by atoms with E-state index in [4.69, 9.17) is 0 Å². The molecule has 0 aliphatic carbocycles. The Morgan fingerprint density at radius 3 is 2.48 bits per heavy atom. The van der Waals surface area contributed by atoms with Crippen molar-refractivity contribution in [3.8, 4) is 0 Å². The van der Waals surface area contributed by atoms with Crippen LogP contribution in [0.25, 0.3) is 0 Å². The second-order valence-electron chi connectivity index (χ2n) is 8.10. The van der Waals surface area contributed by atoms with Crippen molar-refractivity contribution in [3.63, 3.8) is 0 Å². The summed E-state index contributed by atoms with van der Waals surface area (Å²) in [7, 11) is 0. The van der Waals surface area contributed by atoms with E-state index in [0.717, 1.165) is 45.5 Å². The van der Waals surface area contributed by atoms with Crippen molar-refractivity contribution < 1.29 is 9.18 Å². The molecule has 1 amide bonds. The van der Waals surface area contributed by atoms with Gasteiger partial charge in [-0.15, -0.1) is 0 Å². The summed E-state index contributed by atoms with van der Waals surface area (Å²) in [5.41, 5.74) is 1.41. The van der Waals surface area contributed by atoms with Gasteiger partial charge in [0.25, 0.3) is 5.91 Å². The highest BCUT2D eigenvalue weighted by Gasteiger charge is 2.55. The molecule has 1 aromatic carbocycles. The number of fused-ring (bicyclic) bond motifs is 1. The molecule has 5 heterocycles. The number of hydrogen-bond acceptors (Lipinski definition) is 4. The number of carbonyl (C=O) groups excluding carboxylic acids is 1. The van der Waals surface area contributed by atoms with Gasteiger partial charge in [-0.1, -0.05) is 30.3 Å². The molecule has 3 unspecified atom stereocenters. The van der Waals surface area contributed by atoms with Crippen LogP contribution in [0.5, 0.6) is 0 Å². The van der Waals surface area contributed by atoms with Crippen LogP contribution in [0.2, 0.25) is 0 Å². The molecule has 140 valence electrons. The summed E-state index contributed by atoms with van der Waals surface area (Å²) in [4.78, 5) is 21.8. The summed E-state index contributed by atoms with van der Waals surface area (Å²) in [6.07, 6.45) is 2.55. The maximum Gasteiger partial charge on any atom is 0.253 e. The van der Waals surface area contributed by atoms with Gasteiger partial charge < -0.3 is 15.1 Å². The fourth-order valence-corrected chi connectivity index (χ4v) is 5.33. The first-order valence-corrected chi connectivity index (χ1v) is 9.56. The Labute approximate surface area is 158 Å². The lowest BCUT2D eigenvalue weighted by atomic mass is 9.64. The Bertz CT molecular complexity index is 842. The van der Waals surface area contributed by atoms with Crippen LogP contribution in [0.3, 0.4) is 0 Å². The van der Waals surface area contributed by atoms with Gasteiger partial charge in [0.2, 0.25) is 0 Å². The summed E-state index contributed by atoms with van der Waals surface area (Å²) < 4.78 is 13.5. The number of aromatic nitrogens is 1. The normalized spacial score (nSPS) is 34.3. The van der Waals surface area contributed by atoms with Crippen LogP contribution in [0.4, 0.5) is 4.39 Å². The van der Waals surface area contributed by atoms with Crippen molar-refractivity contribution in [1.29, 1.82) is 0 Å². The van der Waals surface area contributed by atoms with E-state index in [0.29, 0.717) is 5.92 Å². The number of carbonyl (C=O) groups is 1. The molecule has 2 aromatic rings. The standard InChI is InChI=1S/C21H23FN4O/c22-18-8-15(9-23-10-18)20(27)24-19-16-11-25-6-7-26(12-16)14-21(19,13-25)17-4-2-1-3-5-17/h1-5,8-10,16,19H,6-7,11-14H2,(H,24,27). The molecule has 4 aliphatic rings. The molecule has 1 aromatic heterocycles. The van der Waals surface area contributed by atoms with Gasteiger partial charge >= 0.3 is 0 Å². The van der Waals surface area contributed by atoms with Crippen molar-refractivity contribution in [2.24, 2.45) is 5.92 Å². The molecule has 1 N–H and O–H groups in total. The quantitative estimate of drug-likeness (QED) is 0.895. The van der Waals surface area contributed by atoms with Gasteiger partial charge in [-0.05, 0) is 11.6 Å². The first-order chi connectivity index (χ1) is 13.1. The zero-order valence-corrected chi connectivity index (χ0v) is 15.1. The lowest BCUT2D eigenvalue weighted by molar-refractivity contribution is 0.0180. The van der Waals surface area contributed by atoms with E-state index in [1.54, 1.807) is 0 Å². The molecule has 0 spiro atoms. The minimum Gasteiger partial charge on any atom is -0.348 e. The highest BCUT2D eigenvalue weighted by Crippen LogP contribution is 2.43. The second-order valence-corrected chi connectivity index (χ2v) is 8.10. The third kappa shape index (κ3) is 2.84. The van der Waals surface area contributed by atoms with E-state index in [-0.39, 0.29) is 22.9 Å². The highest BCUT2D eigenvalue weighted by atomic mass is 19.1. The maximum atomic E-state index is 13.5. The third-order valence-corrected chi connectivity index (χ3v) is 6.40. The average Bonchev–Trinajstić information content (AvgIpc) is 2.93. The number of pyridine rings is 1. The van der Waals surface area contributed by atoms with Crippen LogP contribution in [0, 0.1) is 11.7 Å². The van der Waals surface area contributed by atoms with Crippen molar-refractivity contribution >= 4 is 5.91 Å². The number of nitrogens with zero attached hydrogens (tertiary/aromatic N) is 3. The summed E-state index contributed by atoms with van der Waals surface area (Å²) in [6, 6.07) is 11.8. The SMILES string of the molecule is O=C(NC1C2CN3CCN(C2)CC1(c1ccccc1)C3)c1cncc(F)c1. The molecule has 3 atom stereocenters. The Kier molecular flexibility index (Phi) is 3.98. The van der Waals surface area contributed by atoms with Crippen LogP contribution < -0.4 is 5.32 Å². The summed E-state index contributed by atoms with van der Waals surface area (Å²) >= 11 is 0. The summed E-state index contributed by atoms with van der Waals surface area (Å²) in [6.45, 7) is 6.04. The monoisotopic (exact) mass is 366 g/mol. The van der Waals surface area contributed by atoms with Crippen molar-refractivity contribution in [3.05, 3.63) is 65.7 Å². The number of benzene rings is 1. The smallest absolute Gasteiger partial charge is 0.253 e. The molecule has 4 aliphatic heterocycles. The Morgan fingerprint density at radius 2 is 1.81 bits per heavy atom. The molecule has 4 saturated heterocycles. The van der Waals surface area contributed by atoms with E-state index in [2.05, 4.69) is 44.4 Å². The molecule has 6 rings (SSSR count). The lowest BCUT2D eigenvalue weighted by Crippen LogP contribution is -2.70. The van der Waals surface area contributed by atoms with Crippen molar-refractivity contribution in [2.75, 3.05) is 39.3 Å². The van der Waals surface area contributed by atoms with E-state index in [1.165, 1.54) is 17.8 Å². The number of piperidine rings is 2. The molecule has 4 fully saturated rings. The van der Waals surface area contributed by atoms with E-state index in [1.807, 2.05) is 6.07 Å². The average molecular weight is 366 g/mol. The fraction of sp³-hybridized carbons (Fsp3) is 0.429. The van der Waals surface area contributed by atoms with Crippen molar-refractivity contribution in [1.82, 2.24) is 20.1 Å². The minimum absolute atomic E-state index is 0.0290. The van der Waals surface area contributed by atoms with Crippen LogP contribution in [-0.4, -0.2) is 66.0 Å². The molecule has 5 nitrogen and oxygen atoms in total. The molecule has 0 radical (unpaired) electrons. The summed E-state index contributed by atoms with van der Waals surface area (Å²) in [5.74, 6) is -0.362. The maximum absolute atomic E-state index is 13.5. The number of rotatable bonds is 3. The first-order valence-electron chi connectivity index (χ1n) is 9.56.